The molecule has 1 N–H and O–H groups in total. The van der Waals surface area contributed by atoms with Crippen molar-refractivity contribution in [2.24, 2.45) is 5.92 Å². The van der Waals surface area contributed by atoms with Crippen molar-refractivity contribution in [3.05, 3.63) is 89.0 Å². The van der Waals surface area contributed by atoms with E-state index in [4.69, 9.17) is 0 Å². The van der Waals surface area contributed by atoms with Gasteiger partial charge in [-0.05, 0) is 55.5 Å². The summed E-state index contributed by atoms with van der Waals surface area (Å²) in [6, 6.07) is 1.48. The lowest BCUT2D eigenvalue weighted by Gasteiger charge is -2.28. The minimum absolute atomic E-state index is 0.0749. The number of halogens is 1. The number of aryl methyl sites for hydroxylation is 1. The van der Waals surface area contributed by atoms with Gasteiger partial charge in [0.1, 0.15) is 0 Å². The number of hydrogen-bond acceptors (Lipinski definition) is 3. The Hall–Kier alpha value is -3.25. The molecule has 0 spiro atoms. The van der Waals surface area contributed by atoms with Crippen LogP contribution in [0.4, 0.5) is 4.39 Å². The lowest BCUT2D eigenvalue weighted by molar-refractivity contribution is -0.122. The van der Waals surface area contributed by atoms with Gasteiger partial charge in [0, 0.05) is 48.0 Å². The van der Waals surface area contributed by atoms with E-state index in [1.165, 1.54) is 11.6 Å². The molecule has 0 bridgehead atoms. The van der Waals surface area contributed by atoms with E-state index < -0.39 is 0 Å². The highest BCUT2D eigenvalue weighted by atomic mass is 19.1. The summed E-state index contributed by atoms with van der Waals surface area (Å²) in [6.07, 6.45) is 17.2. The molecule has 0 fully saturated rings. The Morgan fingerprint density at radius 2 is 2.10 bits per heavy atom. The van der Waals surface area contributed by atoms with Gasteiger partial charge in [0.15, 0.2) is 11.5 Å². The Bertz CT molecular complexity index is 1230. The van der Waals surface area contributed by atoms with Gasteiger partial charge in [-0.25, -0.2) is 9.37 Å². The van der Waals surface area contributed by atoms with Crippen molar-refractivity contribution in [2.45, 2.75) is 26.7 Å². The molecule has 2 aromatic heterocycles. The first kappa shape index (κ1) is 19.7. The molecule has 31 heavy (non-hydrogen) atoms. The van der Waals surface area contributed by atoms with E-state index in [1.807, 2.05) is 25.3 Å². The highest BCUT2D eigenvalue weighted by molar-refractivity contribution is 5.94. The average molecular weight is 417 g/mol. The van der Waals surface area contributed by atoms with Crippen LogP contribution in [0.25, 0.3) is 11.2 Å². The van der Waals surface area contributed by atoms with Crippen LogP contribution in [-0.2, 0) is 4.79 Å². The quantitative estimate of drug-likeness (QED) is 0.795. The number of imidazole rings is 1. The van der Waals surface area contributed by atoms with Gasteiger partial charge in [0.05, 0.1) is 5.69 Å². The van der Waals surface area contributed by atoms with Gasteiger partial charge < -0.3 is 9.72 Å². The van der Waals surface area contributed by atoms with Crippen molar-refractivity contribution in [3.8, 4) is 0 Å². The summed E-state index contributed by atoms with van der Waals surface area (Å²) in [7, 11) is 0. The number of hydrogen-bond donors (Lipinski definition) is 1. The van der Waals surface area contributed by atoms with Gasteiger partial charge in [-0.15, -0.1) is 0 Å². The monoisotopic (exact) mass is 416 g/mol. The summed E-state index contributed by atoms with van der Waals surface area (Å²) in [5, 5.41) is 3.33. The minimum Gasteiger partial charge on any atom is -0.313 e. The summed E-state index contributed by atoms with van der Waals surface area (Å²) in [5.74, 6) is -0.175. The van der Waals surface area contributed by atoms with E-state index in [1.54, 1.807) is 27.8 Å². The van der Waals surface area contributed by atoms with E-state index in [2.05, 4.69) is 29.4 Å². The third-order valence-corrected chi connectivity index (χ3v) is 6.10. The largest absolute Gasteiger partial charge is 0.313 e. The van der Waals surface area contributed by atoms with Crippen molar-refractivity contribution in [1.82, 2.24) is 19.6 Å². The second-order valence-corrected chi connectivity index (χ2v) is 8.36. The van der Waals surface area contributed by atoms with Crippen molar-refractivity contribution in [2.75, 3.05) is 13.1 Å². The molecule has 1 unspecified atom stereocenters. The number of aromatic nitrogens is 2. The number of rotatable bonds is 2. The molecule has 1 amide bonds. The van der Waals surface area contributed by atoms with Gasteiger partial charge in [0.2, 0.25) is 0 Å². The molecule has 5 nitrogen and oxygen atoms in total. The van der Waals surface area contributed by atoms with Crippen molar-refractivity contribution in [3.63, 3.8) is 0 Å². The molecule has 3 aliphatic rings. The van der Waals surface area contributed by atoms with Crippen LogP contribution in [0.1, 0.15) is 31.0 Å². The molecule has 0 aromatic carbocycles. The summed E-state index contributed by atoms with van der Waals surface area (Å²) in [4.78, 5) is 19.1. The number of allylic oxidation sites excluding steroid dienone is 5. The fourth-order valence-corrected chi connectivity index (χ4v) is 4.44. The SMILES string of the molecule is Cc1cn2cc(C3=CN4C(=O)C=C(C5=CCNCC5)C(C)CC=C4C=C3)cc(F)c2n1. The molecule has 0 radical (unpaired) electrons. The number of amides is 1. The topological polar surface area (TPSA) is 49.6 Å². The Balaban J connectivity index is 1.53. The van der Waals surface area contributed by atoms with E-state index >= 15 is 0 Å². The summed E-state index contributed by atoms with van der Waals surface area (Å²) in [5.41, 5.74) is 5.78. The second-order valence-electron chi connectivity index (χ2n) is 8.36. The molecule has 158 valence electrons. The zero-order chi connectivity index (χ0) is 21.5. The predicted molar refractivity (Wildman–Crippen MR) is 119 cm³/mol. The summed E-state index contributed by atoms with van der Waals surface area (Å²) in [6.45, 7) is 5.79. The van der Waals surface area contributed by atoms with Gasteiger partial charge >= 0.3 is 0 Å². The van der Waals surface area contributed by atoms with Crippen LogP contribution in [0.2, 0.25) is 0 Å². The average Bonchev–Trinajstić information content (AvgIpc) is 3.16. The van der Waals surface area contributed by atoms with Gasteiger partial charge in [-0.3, -0.25) is 9.69 Å². The van der Waals surface area contributed by atoms with Crippen LogP contribution in [-0.4, -0.2) is 33.3 Å². The van der Waals surface area contributed by atoms with E-state index in [0.717, 1.165) is 48.5 Å². The third-order valence-electron chi connectivity index (χ3n) is 6.10. The Morgan fingerprint density at radius 1 is 1.23 bits per heavy atom. The molecule has 3 aliphatic heterocycles. The number of carbonyl (C=O) groups is 1. The maximum Gasteiger partial charge on any atom is 0.255 e. The molecule has 5 rings (SSSR count). The van der Waals surface area contributed by atoms with E-state index in [9.17, 15) is 9.18 Å². The normalized spacial score (nSPS) is 21.7. The predicted octanol–water partition coefficient (Wildman–Crippen LogP) is 4.29. The van der Waals surface area contributed by atoms with Crippen molar-refractivity contribution in [1.29, 1.82) is 0 Å². The minimum atomic E-state index is -0.380. The van der Waals surface area contributed by atoms with E-state index in [-0.39, 0.29) is 17.6 Å². The van der Waals surface area contributed by atoms with Crippen LogP contribution in [0, 0.1) is 18.7 Å². The number of nitrogens with one attached hydrogen (secondary N) is 1. The number of fused-ring (bicyclic) bond motifs is 2. The highest BCUT2D eigenvalue weighted by Crippen LogP contribution is 2.32. The zero-order valence-corrected chi connectivity index (χ0v) is 17.7. The van der Waals surface area contributed by atoms with Crippen LogP contribution >= 0.6 is 0 Å². The maximum absolute atomic E-state index is 14.6. The fraction of sp³-hybridized carbons (Fsp3) is 0.280. The molecule has 0 aliphatic carbocycles. The fourth-order valence-electron chi connectivity index (χ4n) is 4.44. The van der Waals surface area contributed by atoms with Crippen LogP contribution in [0.5, 0.6) is 0 Å². The van der Waals surface area contributed by atoms with Crippen LogP contribution < -0.4 is 5.32 Å². The maximum atomic E-state index is 14.6. The van der Waals surface area contributed by atoms with Crippen molar-refractivity contribution < 1.29 is 9.18 Å². The lowest BCUT2D eigenvalue weighted by atomic mass is 9.86. The molecule has 1 atom stereocenters. The molecule has 0 saturated carbocycles. The van der Waals surface area contributed by atoms with Gasteiger partial charge in [-0.2, -0.15) is 0 Å². The Morgan fingerprint density at radius 3 is 2.90 bits per heavy atom. The lowest BCUT2D eigenvalue weighted by Crippen LogP contribution is -2.28. The second kappa shape index (κ2) is 7.78. The number of pyridine rings is 1. The standard InChI is InChI=1S/C25H25FN4O/c1-16-3-5-21-6-4-19(20-11-23(26)25-28-17(2)13-29(25)14-20)15-30(21)24(31)12-22(16)18-7-9-27-10-8-18/h4-7,11-16,27H,3,8-10H2,1-2H3. The van der Waals surface area contributed by atoms with Gasteiger partial charge in [0.25, 0.3) is 5.91 Å². The van der Waals surface area contributed by atoms with E-state index in [0.29, 0.717) is 11.2 Å². The smallest absolute Gasteiger partial charge is 0.255 e. The van der Waals surface area contributed by atoms with Crippen LogP contribution in [0.3, 0.4) is 0 Å². The summed E-state index contributed by atoms with van der Waals surface area (Å²) >= 11 is 0. The van der Waals surface area contributed by atoms with Crippen molar-refractivity contribution >= 4 is 17.1 Å². The van der Waals surface area contributed by atoms with Crippen LogP contribution in [0.15, 0.2) is 71.9 Å². The first-order chi connectivity index (χ1) is 15.0. The Kier molecular flexibility index (Phi) is 4.94. The molecular weight excluding hydrogens is 391 g/mol. The number of carbonyl (C=O) groups excluding carboxylic acids is 1. The van der Waals surface area contributed by atoms with Gasteiger partial charge in [-0.1, -0.05) is 25.2 Å². The number of nitrogens with zero attached hydrogens (tertiary/aromatic N) is 3. The molecular formula is C25H25FN4O. The summed E-state index contributed by atoms with van der Waals surface area (Å²) < 4.78 is 16.3. The highest BCUT2D eigenvalue weighted by Gasteiger charge is 2.24. The third kappa shape index (κ3) is 3.68. The Labute approximate surface area is 181 Å². The zero-order valence-electron chi connectivity index (χ0n) is 17.7. The first-order valence-corrected chi connectivity index (χ1v) is 10.7. The molecule has 5 heterocycles. The molecule has 2 aromatic rings. The molecule has 6 heteroatoms. The molecule has 0 saturated heterocycles. The first-order valence-electron chi connectivity index (χ1n) is 10.7.